The number of nitrogens with zero attached hydrogens (tertiary/aromatic N) is 1. The van der Waals surface area contributed by atoms with Gasteiger partial charge in [0.25, 0.3) is 0 Å². The van der Waals surface area contributed by atoms with Crippen LogP contribution in [0, 0.1) is 6.92 Å². The second kappa shape index (κ2) is 3.91. The molecular weight excluding hydrogens is 240 g/mol. The normalized spacial score (nSPS) is 21.6. The van der Waals surface area contributed by atoms with Crippen molar-refractivity contribution < 1.29 is 0 Å². The number of halogens is 1. The van der Waals surface area contributed by atoms with Gasteiger partial charge in [0.2, 0.25) is 0 Å². The quantitative estimate of drug-likeness (QED) is 0.834. The van der Waals surface area contributed by atoms with Crippen LogP contribution in [0.25, 0.3) is 0 Å². The molecule has 1 aromatic rings. The van der Waals surface area contributed by atoms with Crippen molar-refractivity contribution in [2.75, 3.05) is 18.0 Å². The lowest BCUT2D eigenvalue weighted by molar-refractivity contribution is 0.752. The second-order valence-electron chi connectivity index (χ2n) is 3.95. The van der Waals surface area contributed by atoms with E-state index in [1.165, 1.54) is 11.3 Å². The fourth-order valence-corrected chi connectivity index (χ4v) is 2.37. The Morgan fingerprint density at radius 2 is 2.29 bits per heavy atom. The third-order valence-electron chi connectivity index (χ3n) is 2.67. The first-order valence-electron chi connectivity index (χ1n) is 4.93. The van der Waals surface area contributed by atoms with E-state index in [0.29, 0.717) is 6.04 Å². The van der Waals surface area contributed by atoms with E-state index >= 15 is 0 Å². The average molecular weight is 255 g/mol. The zero-order valence-electron chi connectivity index (χ0n) is 8.33. The molecule has 1 aromatic carbocycles. The van der Waals surface area contributed by atoms with Crippen molar-refractivity contribution in [3.63, 3.8) is 0 Å². The molecule has 0 spiro atoms. The maximum atomic E-state index is 5.89. The number of aryl methyl sites for hydroxylation is 1. The molecule has 76 valence electrons. The van der Waals surface area contributed by atoms with Crippen molar-refractivity contribution in [3.8, 4) is 0 Å². The van der Waals surface area contributed by atoms with E-state index in [9.17, 15) is 0 Å². The molecule has 0 saturated carbocycles. The van der Waals surface area contributed by atoms with Gasteiger partial charge in [-0.25, -0.2) is 0 Å². The Labute approximate surface area is 93.2 Å². The first kappa shape index (κ1) is 9.99. The lowest BCUT2D eigenvalue weighted by Gasteiger charge is -2.20. The summed E-state index contributed by atoms with van der Waals surface area (Å²) >= 11 is 3.58. The molecule has 3 heteroatoms. The third kappa shape index (κ3) is 1.93. The van der Waals surface area contributed by atoms with Crippen LogP contribution < -0.4 is 10.6 Å². The average Bonchev–Trinajstić information content (AvgIpc) is 2.56. The van der Waals surface area contributed by atoms with Gasteiger partial charge < -0.3 is 10.6 Å². The SMILES string of the molecule is Cc1ccc(Br)c(N2CCC(N)C2)c1. The molecular formula is C11H15BrN2. The molecule has 1 heterocycles. The summed E-state index contributed by atoms with van der Waals surface area (Å²) in [5.41, 5.74) is 8.46. The van der Waals surface area contributed by atoms with Gasteiger partial charge in [-0.1, -0.05) is 6.07 Å². The van der Waals surface area contributed by atoms with Crippen LogP contribution in [-0.2, 0) is 0 Å². The largest absolute Gasteiger partial charge is 0.369 e. The highest BCUT2D eigenvalue weighted by atomic mass is 79.9. The molecule has 1 unspecified atom stereocenters. The van der Waals surface area contributed by atoms with Crippen LogP contribution >= 0.6 is 15.9 Å². The highest BCUT2D eigenvalue weighted by Gasteiger charge is 2.20. The maximum Gasteiger partial charge on any atom is 0.0513 e. The zero-order chi connectivity index (χ0) is 10.1. The van der Waals surface area contributed by atoms with Gasteiger partial charge in [-0.05, 0) is 47.0 Å². The minimum Gasteiger partial charge on any atom is -0.369 e. The molecule has 1 aliphatic heterocycles. The number of hydrogen-bond donors (Lipinski definition) is 1. The van der Waals surface area contributed by atoms with E-state index in [1.807, 2.05) is 0 Å². The second-order valence-corrected chi connectivity index (χ2v) is 4.80. The van der Waals surface area contributed by atoms with Crippen molar-refractivity contribution in [1.82, 2.24) is 0 Å². The Kier molecular flexibility index (Phi) is 2.79. The van der Waals surface area contributed by atoms with Crippen molar-refractivity contribution in [1.29, 1.82) is 0 Å². The van der Waals surface area contributed by atoms with Crippen molar-refractivity contribution in [2.24, 2.45) is 5.73 Å². The molecule has 14 heavy (non-hydrogen) atoms. The van der Waals surface area contributed by atoms with Gasteiger partial charge in [0, 0.05) is 23.6 Å². The Hall–Kier alpha value is -0.540. The Bertz CT molecular complexity index is 338. The predicted molar refractivity (Wildman–Crippen MR) is 63.7 cm³/mol. The predicted octanol–water partition coefficient (Wildman–Crippen LogP) is 2.29. The molecule has 0 aromatic heterocycles. The van der Waals surface area contributed by atoms with Crippen LogP contribution in [0.2, 0.25) is 0 Å². The number of anilines is 1. The summed E-state index contributed by atoms with van der Waals surface area (Å²) in [4.78, 5) is 2.35. The van der Waals surface area contributed by atoms with Crippen molar-refractivity contribution >= 4 is 21.6 Å². The van der Waals surface area contributed by atoms with E-state index < -0.39 is 0 Å². The Balaban J connectivity index is 2.27. The molecule has 1 aliphatic rings. The van der Waals surface area contributed by atoms with E-state index in [0.717, 1.165) is 24.0 Å². The topological polar surface area (TPSA) is 29.3 Å². The first-order valence-corrected chi connectivity index (χ1v) is 5.73. The molecule has 2 rings (SSSR count). The van der Waals surface area contributed by atoms with Gasteiger partial charge in [-0.2, -0.15) is 0 Å². The fourth-order valence-electron chi connectivity index (χ4n) is 1.87. The van der Waals surface area contributed by atoms with E-state index in [-0.39, 0.29) is 0 Å². The summed E-state index contributed by atoms with van der Waals surface area (Å²) in [7, 11) is 0. The summed E-state index contributed by atoms with van der Waals surface area (Å²) in [5.74, 6) is 0. The summed E-state index contributed by atoms with van der Waals surface area (Å²) in [5, 5.41) is 0. The maximum absolute atomic E-state index is 5.89. The van der Waals surface area contributed by atoms with Crippen LogP contribution in [0.3, 0.4) is 0 Å². The lowest BCUT2D eigenvalue weighted by Crippen LogP contribution is -2.26. The van der Waals surface area contributed by atoms with Crippen LogP contribution in [0.4, 0.5) is 5.69 Å². The zero-order valence-corrected chi connectivity index (χ0v) is 9.92. The molecule has 2 N–H and O–H groups in total. The Morgan fingerprint density at radius 1 is 1.50 bits per heavy atom. The summed E-state index contributed by atoms with van der Waals surface area (Å²) < 4.78 is 1.16. The number of nitrogens with two attached hydrogens (primary N) is 1. The van der Waals surface area contributed by atoms with Crippen LogP contribution in [0.5, 0.6) is 0 Å². The summed E-state index contributed by atoms with van der Waals surface area (Å²) in [6.45, 7) is 4.16. The smallest absolute Gasteiger partial charge is 0.0513 e. The third-order valence-corrected chi connectivity index (χ3v) is 3.34. The van der Waals surface area contributed by atoms with Crippen LogP contribution in [0.15, 0.2) is 22.7 Å². The van der Waals surface area contributed by atoms with Gasteiger partial charge in [0.1, 0.15) is 0 Å². The molecule has 2 nitrogen and oxygen atoms in total. The highest BCUT2D eigenvalue weighted by molar-refractivity contribution is 9.10. The van der Waals surface area contributed by atoms with Crippen molar-refractivity contribution in [3.05, 3.63) is 28.2 Å². The van der Waals surface area contributed by atoms with Crippen molar-refractivity contribution in [2.45, 2.75) is 19.4 Å². The Morgan fingerprint density at radius 3 is 2.93 bits per heavy atom. The van der Waals surface area contributed by atoms with Gasteiger partial charge >= 0.3 is 0 Å². The van der Waals surface area contributed by atoms with Crippen LogP contribution in [-0.4, -0.2) is 19.1 Å². The number of hydrogen-bond acceptors (Lipinski definition) is 2. The summed E-state index contributed by atoms with van der Waals surface area (Å²) in [6.07, 6.45) is 1.10. The molecule has 1 saturated heterocycles. The molecule has 0 bridgehead atoms. The molecule has 1 fully saturated rings. The van der Waals surface area contributed by atoms with E-state index in [1.54, 1.807) is 0 Å². The molecule has 0 aliphatic carbocycles. The van der Waals surface area contributed by atoms with Gasteiger partial charge in [0.05, 0.1) is 5.69 Å². The molecule has 0 amide bonds. The lowest BCUT2D eigenvalue weighted by atomic mass is 10.2. The van der Waals surface area contributed by atoms with Gasteiger partial charge in [-0.15, -0.1) is 0 Å². The summed E-state index contributed by atoms with van der Waals surface area (Å²) in [6, 6.07) is 6.77. The number of benzene rings is 1. The molecule has 1 atom stereocenters. The highest BCUT2D eigenvalue weighted by Crippen LogP contribution is 2.29. The van der Waals surface area contributed by atoms with Crippen LogP contribution in [0.1, 0.15) is 12.0 Å². The molecule has 0 radical (unpaired) electrons. The minimum atomic E-state index is 0.336. The minimum absolute atomic E-state index is 0.336. The monoisotopic (exact) mass is 254 g/mol. The number of rotatable bonds is 1. The standard InChI is InChI=1S/C11H15BrN2/c1-8-2-3-10(12)11(6-8)14-5-4-9(13)7-14/h2-3,6,9H,4-5,7,13H2,1H3. The van der Waals surface area contributed by atoms with E-state index in [4.69, 9.17) is 5.73 Å². The van der Waals surface area contributed by atoms with Gasteiger partial charge in [-0.3, -0.25) is 0 Å². The first-order chi connectivity index (χ1) is 6.66. The van der Waals surface area contributed by atoms with E-state index in [2.05, 4.69) is 46.0 Å². The van der Waals surface area contributed by atoms with Gasteiger partial charge in [0.15, 0.2) is 0 Å². The fraction of sp³-hybridized carbons (Fsp3) is 0.455.